The van der Waals surface area contributed by atoms with Gasteiger partial charge in [0.2, 0.25) is 5.91 Å². The third-order valence-electron chi connectivity index (χ3n) is 3.13. The van der Waals surface area contributed by atoms with Crippen LogP contribution in [0.15, 0.2) is 18.2 Å². The fraction of sp³-hybridized carbons (Fsp3) is 0.462. The summed E-state index contributed by atoms with van der Waals surface area (Å²) in [4.78, 5) is 13.9. The molecule has 0 atom stereocenters. The average molecular weight is 271 g/mol. The molecule has 5 heteroatoms. The molecule has 0 spiro atoms. The van der Waals surface area contributed by atoms with Crippen molar-refractivity contribution in [2.75, 3.05) is 13.1 Å². The summed E-state index contributed by atoms with van der Waals surface area (Å²) in [5, 5.41) is 3.26. The molecule has 0 aromatic heterocycles. The smallest absolute Gasteiger partial charge is 0.242 e. The van der Waals surface area contributed by atoms with Crippen molar-refractivity contribution in [2.45, 2.75) is 25.9 Å². The van der Waals surface area contributed by atoms with E-state index >= 15 is 0 Å². The molecule has 1 heterocycles. The first-order chi connectivity index (χ1) is 8.40. The minimum absolute atomic E-state index is 0.0316. The van der Waals surface area contributed by atoms with Crippen LogP contribution in [-0.4, -0.2) is 29.4 Å². The number of amides is 1. The Morgan fingerprint density at radius 2 is 2.22 bits per heavy atom. The SMILES string of the molecule is CC1(C)NCCN(Cc2ccc(Cl)c(F)c2)C1=O. The molecule has 98 valence electrons. The Hall–Kier alpha value is -1.13. The van der Waals surface area contributed by atoms with Crippen LogP contribution in [0.5, 0.6) is 0 Å². The first-order valence-electron chi connectivity index (χ1n) is 5.88. The molecule has 1 fully saturated rings. The molecular weight excluding hydrogens is 255 g/mol. The van der Waals surface area contributed by atoms with E-state index in [2.05, 4.69) is 5.32 Å². The van der Waals surface area contributed by atoms with Crippen LogP contribution in [-0.2, 0) is 11.3 Å². The zero-order chi connectivity index (χ0) is 13.3. The molecule has 1 amide bonds. The van der Waals surface area contributed by atoms with Gasteiger partial charge in [-0.2, -0.15) is 0 Å². The minimum atomic E-state index is -0.552. The molecule has 1 aliphatic rings. The van der Waals surface area contributed by atoms with Crippen LogP contribution in [0.1, 0.15) is 19.4 Å². The van der Waals surface area contributed by atoms with Crippen molar-refractivity contribution < 1.29 is 9.18 Å². The zero-order valence-electron chi connectivity index (χ0n) is 10.5. The van der Waals surface area contributed by atoms with Gasteiger partial charge in [0.1, 0.15) is 5.82 Å². The lowest BCUT2D eigenvalue weighted by atomic mass is 10.0. The summed E-state index contributed by atoms with van der Waals surface area (Å²) < 4.78 is 13.3. The molecule has 3 nitrogen and oxygen atoms in total. The largest absolute Gasteiger partial charge is 0.336 e. The molecule has 1 saturated heterocycles. The van der Waals surface area contributed by atoms with Crippen LogP contribution in [0, 0.1) is 5.82 Å². The quantitative estimate of drug-likeness (QED) is 0.893. The Morgan fingerprint density at radius 3 is 2.89 bits per heavy atom. The lowest BCUT2D eigenvalue weighted by Crippen LogP contribution is -2.60. The van der Waals surface area contributed by atoms with Crippen molar-refractivity contribution in [3.8, 4) is 0 Å². The van der Waals surface area contributed by atoms with Gasteiger partial charge in [0.15, 0.2) is 0 Å². The Labute approximate surface area is 111 Å². The third kappa shape index (κ3) is 2.65. The lowest BCUT2D eigenvalue weighted by molar-refractivity contribution is -0.140. The molecule has 0 radical (unpaired) electrons. The molecule has 2 rings (SSSR count). The van der Waals surface area contributed by atoms with Crippen molar-refractivity contribution in [1.82, 2.24) is 10.2 Å². The van der Waals surface area contributed by atoms with Gasteiger partial charge in [-0.3, -0.25) is 4.79 Å². The summed E-state index contributed by atoms with van der Waals surface area (Å²) in [7, 11) is 0. The van der Waals surface area contributed by atoms with E-state index in [0.717, 1.165) is 12.1 Å². The summed E-state index contributed by atoms with van der Waals surface area (Å²) in [5.74, 6) is -0.417. The number of halogens is 2. The van der Waals surface area contributed by atoms with Crippen molar-refractivity contribution >= 4 is 17.5 Å². The third-order valence-corrected chi connectivity index (χ3v) is 3.43. The molecule has 1 aromatic carbocycles. The summed E-state index contributed by atoms with van der Waals surface area (Å²) in [5.41, 5.74) is 0.200. The van der Waals surface area contributed by atoms with Gasteiger partial charge in [0.25, 0.3) is 0 Å². The standard InChI is InChI=1S/C13H16ClFN2O/c1-13(2)12(18)17(6-5-16-13)8-9-3-4-10(14)11(15)7-9/h3-4,7,16H,5-6,8H2,1-2H3. The van der Waals surface area contributed by atoms with Crippen LogP contribution < -0.4 is 5.32 Å². The van der Waals surface area contributed by atoms with E-state index in [4.69, 9.17) is 11.6 Å². The van der Waals surface area contributed by atoms with Gasteiger partial charge in [-0.25, -0.2) is 4.39 Å². The van der Waals surface area contributed by atoms with Crippen molar-refractivity contribution in [3.63, 3.8) is 0 Å². The van der Waals surface area contributed by atoms with Gasteiger partial charge in [0, 0.05) is 19.6 Å². The zero-order valence-corrected chi connectivity index (χ0v) is 11.2. The van der Waals surface area contributed by atoms with E-state index in [1.165, 1.54) is 12.1 Å². The fourth-order valence-electron chi connectivity index (χ4n) is 2.09. The monoisotopic (exact) mass is 270 g/mol. The Morgan fingerprint density at radius 1 is 1.50 bits per heavy atom. The van der Waals surface area contributed by atoms with E-state index in [1.807, 2.05) is 13.8 Å². The number of carbonyl (C=O) groups excluding carboxylic acids is 1. The molecule has 18 heavy (non-hydrogen) atoms. The van der Waals surface area contributed by atoms with E-state index in [9.17, 15) is 9.18 Å². The number of benzene rings is 1. The highest BCUT2D eigenvalue weighted by Crippen LogP contribution is 2.19. The molecule has 0 bridgehead atoms. The predicted octanol–water partition coefficient (Wildman–Crippen LogP) is 2.19. The summed E-state index contributed by atoms with van der Waals surface area (Å²) in [6.45, 7) is 5.49. The second-order valence-electron chi connectivity index (χ2n) is 5.03. The number of nitrogens with zero attached hydrogens (tertiary/aromatic N) is 1. The van der Waals surface area contributed by atoms with Crippen LogP contribution >= 0.6 is 11.6 Å². The lowest BCUT2D eigenvalue weighted by Gasteiger charge is -2.38. The highest BCUT2D eigenvalue weighted by atomic mass is 35.5. The van der Waals surface area contributed by atoms with E-state index in [0.29, 0.717) is 13.1 Å². The second-order valence-corrected chi connectivity index (χ2v) is 5.43. The second kappa shape index (κ2) is 4.86. The normalized spacial score (nSPS) is 19.1. The van der Waals surface area contributed by atoms with Crippen molar-refractivity contribution in [3.05, 3.63) is 34.6 Å². The van der Waals surface area contributed by atoms with E-state index < -0.39 is 11.4 Å². The molecule has 1 N–H and O–H groups in total. The maximum Gasteiger partial charge on any atom is 0.242 e. The van der Waals surface area contributed by atoms with Gasteiger partial charge in [-0.05, 0) is 31.5 Å². The average Bonchev–Trinajstić information content (AvgIpc) is 2.30. The Kier molecular flexibility index (Phi) is 3.59. The number of nitrogens with one attached hydrogen (secondary N) is 1. The van der Waals surface area contributed by atoms with Gasteiger partial charge in [-0.1, -0.05) is 17.7 Å². The Bertz CT molecular complexity index is 476. The van der Waals surface area contributed by atoms with Crippen LogP contribution in [0.25, 0.3) is 0 Å². The number of carbonyl (C=O) groups is 1. The topological polar surface area (TPSA) is 32.3 Å². The van der Waals surface area contributed by atoms with E-state index in [1.54, 1.807) is 11.0 Å². The Balaban J connectivity index is 2.13. The maximum absolute atomic E-state index is 13.3. The number of hydrogen-bond acceptors (Lipinski definition) is 2. The van der Waals surface area contributed by atoms with Crippen LogP contribution in [0.2, 0.25) is 5.02 Å². The number of hydrogen-bond donors (Lipinski definition) is 1. The molecule has 0 unspecified atom stereocenters. The first-order valence-corrected chi connectivity index (χ1v) is 6.26. The molecule has 0 aliphatic carbocycles. The summed E-state index contributed by atoms with van der Waals surface area (Å²) >= 11 is 5.63. The summed E-state index contributed by atoms with van der Waals surface area (Å²) in [6.07, 6.45) is 0. The number of rotatable bonds is 2. The van der Waals surface area contributed by atoms with Gasteiger partial charge >= 0.3 is 0 Å². The minimum Gasteiger partial charge on any atom is -0.336 e. The highest BCUT2D eigenvalue weighted by molar-refractivity contribution is 6.30. The van der Waals surface area contributed by atoms with Gasteiger partial charge in [0.05, 0.1) is 10.6 Å². The highest BCUT2D eigenvalue weighted by Gasteiger charge is 2.34. The van der Waals surface area contributed by atoms with Crippen LogP contribution in [0.3, 0.4) is 0 Å². The van der Waals surface area contributed by atoms with Crippen molar-refractivity contribution in [1.29, 1.82) is 0 Å². The maximum atomic E-state index is 13.3. The molecule has 1 aromatic rings. The predicted molar refractivity (Wildman–Crippen MR) is 68.9 cm³/mol. The van der Waals surface area contributed by atoms with Crippen LogP contribution in [0.4, 0.5) is 4.39 Å². The first kappa shape index (κ1) is 13.3. The molecule has 0 saturated carbocycles. The molecule has 1 aliphatic heterocycles. The summed E-state index contributed by atoms with van der Waals surface area (Å²) in [6, 6.07) is 4.64. The van der Waals surface area contributed by atoms with E-state index in [-0.39, 0.29) is 10.9 Å². The van der Waals surface area contributed by atoms with Gasteiger partial charge < -0.3 is 10.2 Å². The molecular formula is C13H16ClFN2O. The van der Waals surface area contributed by atoms with Gasteiger partial charge in [-0.15, -0.1) is 0 Å². The fourth-order valence-corrected chi connectivity index (χ4v) is 2.20. The van der Waals surface area contributed by atoms with Crippen molar-refractivity contribution in [2.24, 2.45) is 0 Å². The number of piperazine rings is 1.